The van der Waals surface area contributed by atoms with Gasteiger partial charge in [-0.15, -0.1) is 0 Å². The van der Waals surface area contributed by atoms with Gasteiger partial charge in [-0.3, -0.25) is 0 Å². The zero-order valence-corrected chi connectivity index (χ0v) is 14.3. The molecule has 0 radical (unpaired) electrons. The molecule has 0 saturated heterocycles. The van der Waals surface area contributed by atoms with Crippen LogP contribution in [0.25, 0.3) is 0 Å². The Kier molecular flexibility index (Phi) is 3.77. The Hall–Kier alpha value is -2.20. The van der Waals surface area contributed by atoms with Crippen LogP contribution in [0.5, 0.6) is 17.2 Å². The molecule has 0 heterocycles. The molecule has 4 nitrogen and oxygen atoms in total. The van der Waals surface area contributed by atoms with Gasteiger partial charge < -0.3 is 19.3 Å². The standard InChI is InChI=1S/C21H28O4/c1-16-7-6-10-19(13-16)25-15-18(22)9-5-4-8-17-11-12-20(23-2)21(14-17)24-3/h6-7,10-14,18,22H,4-5,8-9,15H2,1-3H3/i2D3,6D,7D,10D,11D,12D,13D,14D. The summed E-state index contributed by atoms with van der Waals surface area (Å²) in [6, 6.07) is -2.15. The third kappa shape index (κ3) is 6.31. The molecule has 0 spiro atoms. The van der Waals surface area contributed by atoms with E-state index in [0.717, 1.165) is 0 Å². The van der Waals surface area contributed by atoms with Gasteiger partial charge in [-0.25, -0.2) is 0 Å². The maximum absolute atomic E-state index is 10.2. The van der Waals surface area contributed by atoms with Crippen molar-refractivity contribution in [3.8, 4) is 17.2 Å². The predicted molar refractivity (Wildman–Crippen MR) is 99.8 cm³/mol. The highest BCUT2D eigenvalue weighted by molar-refractivity contribution is 5.42. The number of rotatable bonds is 10. The highest BCUT2D eigenvalue weighted by atomic mass is 16.5. The lowest BCUT2D eigenvalue weighted by atomic mass is 10.0. The van der Waals surface area contributed by atoms with Crippen LogP contribution in [0.1, 0.15) is 44.1 Å². The quantitative estimate of drug-likeness (QED) is 0.651. The molecule has 0 aliphatic heterocycles. The molecule has 1 N–H and O–H groups in total. The fraction of sp³-hybridized carbons (Fsp3) is 0.429. The van der Waals surface area contributed by atoms with Gasteiger partial charge in [0.1, 0.15) is 12.4 Å². The number of aliphatic hydroxyl groups is 1. The van der Waals surface area contributed by atoms with E-state index in [9.17, 15) is 5.11 Å². The Balaban J connectivity index is 2.01. The van der Waals surface area contributed by atoms with Gasteiger partial charge in [-0.2, -0.15) is 0 Å². The molecule has 1 unspecified atom stereocenters. The molecule has 2 rings (SSSR count). The van der Waals surface area contributed by atoms with E-state index in [1.807, 2.05) is 0 Å². The zero-order valence-electron chi connectivity index (χ0n) is 24.3. The predicted octanol–water partition coefficient (Wildman–Crippen LogP) is 4.16. The van der Waals surface area contributed by atoms with Crippen LogP contribution < -0.4 is 14.2 Å². The number of aliphatic hydroxyl groups excluding tert-OH is 1. The minimum atomic E-state index is -2.87. The molecule has 0 bridgehead atoms. The van der Waals surface area contributed by atoms with Crippen LogP contribution in [-0.4, -0.2) is 32.0 Å². The molecule has 0 fully saturated rings. The Morgan fingerprint density at radius 1 is 1.12 bits per heavy atom. The fourth-order valence-electron chi connectivity index (χ4n) is 2.19. The van der Waals surface area contributed by atoms with Gasteiger partial charge in [0.2, 0.25) is 0 Å². The first-order valence-electron chi connectivity index (χ1n) is 12.9. The molecule has 136 valence electrons. The van der Waals surface area contributed by atoms with Crippen molar-refractivity contribution >= 4 is 0 Å². The Labute approximate surface area is 164 Å². The van der Waals surface area contributed by atoms with Gasteiger partial charge in [0.05, 0.1) is 34.0 Å². The fourth-order valence-corrected chi connectivity index (χ4v) is 2.19. The summed E-state index contributed by atoms with van der Waals surface area (Å²) in [5.74, 6) is -0.869. The van der Waals surface area contributed by atoms with E-state index in [-0.39, 0.29) is 78.3 Å². The van der Waals surface area contributed by atoms with Crippen LogP contribution in [0.15, 0.2) is 42.3 Å². The molecule has 4 heteroatoms. The average Bonchev–Trinajstić information content (AvgIpc) is 2.78. The first kappa shape index (κ1) is 9.48. The Morgan fingerprint density at radius 3 is 2.80 bits per heavy atom. The summed E-state index contributed by atoms with van der Waals surface area (Å²) in [7, 11) is -1.65. The number of unbranched alkanes of at least 4 members (excludes halogenated alkanes) is 1. The highest BCUT2D eigenvalue weighted by Gasteiger charge is 2.07. The zero-order chi connectivity index (χ0) is 26.7. The summed E-state index contributed by atoms with van der Waals surface area (Å²) < 4.78 is 92.9. The van der Waals surface area contributed by atoms with E-state index in [1.54, 1.807) is 0 Å². The summed E-state index contributed by atoms with van der Waals surface area (Å²) in [6.07, 6.45) is 0.439. The van der Waals surface area contributed by atoms with E-state index in [0.29, 0.717) is 12.8 Å². The van der Waals surface area contributed by atoms with Crippen LogP contribution >= 0.6 is 0 Å². The van der Waals surface area contributed by atoms with Gasteiger partial charge in [0.15, 0.2) is 11.5 Å². The van der Waals surface area contributed by atoms with Crippen LogP contribution in [0, 0.1) is 6.92 Å². The first-order chi connectivity index (χ1) is 16.2. The van der Waals surface area contributed by atoms with Crippen molar-refractivity contribution in [3.05, 3.63) is 53.4 Å². The minimum absolute atomic E-state index is 0.158. The maximum Gasteiger partial charge on any atom is 0.160 e. The van der Waals surface area contributed by atoms with Gasteiger partial charge in [-0.05, 0) is 61.5 Å². The summed E-state index contributed by atoms with van der Waals surface area (Å²) in [6.45, 7) is 1.28. The molecular weight excluding hydrogens is 316 g/mol. The summed E-state index contributed by atoms with van der Waals surface area (Å²) >= 11 is 0. The lowest BCUT2D eigenvalue weighted by Crippen LogP contribution is -2.17. The third-order valence-corrected chi connectivity index (χ3v) is 3.46. The third-order valence-electron chi connectivity index (χ3n) is 3.46. The molecule has 0 aromatic heterocycles. The van der Waals surface area contributed by atoms with Crippen LogP contribution in [0.4, 0.5) is 0 Å². The SMILES string of the molecule is [2H]c1c([2H])c(C)c([2H])c(OCC(O)CCCCc2c([2H])c([2H])c(OC([2H])([2H])[2H])c(OC)c2[2H])c1[2H]. The molecular formula is C21H28O4. The van der Waals surface area contributed by atoms with E-state index in [2.05, 4.69) is 0 Å². The highest BCUT2D eigenvalue weighted by Crippen LogP contribution is 2.28. The number of hydrogen-bond donors (Lipinski definition) is 1. The van der Waals surface area contributed by atoms with Gasteiger partial charge in [-0.1, -0.05) is 24.5 Å². The monoisotopic (exact) mass is 354 g/mol. The lowest BCUT2D eigenvalue weighted by Gasteiger charge is -2.13. The molecule has 2 aromatic carbocycles. The lowest BCUT2D eigenvalue weighted by molar-refractivity contribution is 0.0976. The number of ether oxygens (including phenoxy) is 3. The van der Waals surface area contributed by atoms with Crippen molar-refractivity contribution < 1.29 is 33.0 Å². The van der Waals surface area contributed by atoms with Crippen molar-refractivity contribution in [3.63, 3.8) is 0 Å². The number of hydrogen-bond acceptors (Lipinski definition) is 4. The molecule has 1 atom stereocenters. The first-order valence-corrected chi connectivity index (χ1v) is 7.94. The van der Waals surface area contributed by atoms with Crippen molar-refractivity contribution in [2.75, 3.05) is 20.8 Å². The minimum Gasteiger partial charge on any atom is -0.493 e. The van der Waals surface area contributed by atoms with Crippen molar-refractivity contribution in [2.24, 2.45) is 0 Å². The smallest absolute Gasteiger partial charge is 0.160 e. The topological polar surface area (TPSA) is 47.9 Å². The second-order valence-electron chi connectivity index (χ2n) is 5.48. The molecule has 2 aromatic rings. The van der Waals surface area contributed by atoms with Crippen LogP contribution in [0.2, 0.25) is 0 Å². The van der Waals surface area contributed by atoms with E-state index < -0.39 is 24.9 Å². The van der Waals surface area contributed by atoms with Crippen molar-refractivity contribution in [2.45, 2.75) is 38.7 Å². The molecule has 0 saturated carbocycles. The van der Waals surface area contributed by atoms with E-state index in [1.165, 1.54) is 14.0 Å². The second-order valence-corrected chi connectivity index (χ2v) is 5.48. The van der Waals surface area contributed by atoms with Gasteiger partial charge in [0.25, 0.3) is 0 Å². The number of benzene rings is 2. The van der Waals surface area contributed by atoms with Gasteiger partial charge in [0, 0.05) is 0 Å². The van der Waals surface area contributed by atoms with Crippen molar-refractivity contribution in [1.82, 2.24) is 0 Å². The van der Waals surface area contributed by atoms with E-state index in [4.69, 9.17) is 27.9 Å². The number of methoxy groups -OCH3 is 2. The molecule has 25 heavy (non-hydrogen) atoms. The summed E-state index contributed by atoms with van der Waals surface area (Å²) in [5.41, 5.74) is 0.412. The molecule has 0 aliphatic rings. The second kappa shape index (κ2) is 9.94. The summed E-state index contributed by atoms with van der Waals surface area (Å²) in [5, 5.41) is 10.2. The molecule has 0 aliphatic carbocycles. The maximum atomic E-state index is 10.2. The van der Waals surface area contributed by atoms with Gasteiger partial charge >= 0.3 is 0 Å². The summed E-state index contributed by atoms with van der Waals surface area (Å²) in [4.78, 5) is 0. The Bertz CT molecular complexity index is 1040. The largest absolute Gasteiger partial charge is 0.493 e. The van der Waals surface area contributed by atoms with Crippen LogP contribution in [0.3, 0.4) is 0 Å². The normalized spacial score (nSPS) is 18.0. The molecule has 0 amide bonds. The Morgan fingerprint density at radius 2 is 2.00 bits per heavy atom. The average molecular weight is 355 g/mol. The van der Waals surface area contributed by atoms with Crippen LogP contribution in [-0.2, 0) is 6.42 Å². The van der Waals surface area contributed by atoms with E-state index >= 15 is 0 Å². The van der Waals surface area contributed by atoms with Crippen molar-refractivity contribution in [1.29, 1.82) is 0 Å².